The number of benzene rings is 2. The van der Waals surface area contributed by atoms with Crippen LogP contribution in [0.2, 0.25) is 15.1 Å². The molecule has 2 nitrogen and oxygen atoms in total. The molecule has 0 bridgehead atoms. The number of hydrogen-bond acceptors (Lipinski definition) is 3. The molecule has 3 aromatic rings. The Morgan fingerprint density at radius 3 is 2.32 bits per heavy atom. The summed E-state index contributed by atoms with van der Waals surface area (Å²) in [5.74, 6) is 0. The first-order valence-corrected chi connectivity index (χ1v) is 7.31. The molecule has 0 unspecified atom stereocenters. The Labute approximate surface area is 128 Å². The Morgan fingerprint density at radius 1 is 1.00 bits per heavy atom. The fraction of sp³-hybridized carbons (Fsp3) is 0. The first-order chi connectivity index (χ1) is 9.06. The Morgan fingerprint density at radius 2 is 1.68 bits per heavy atom. The van der Waals surface area contributed by atoms with Crippen LogP contribution in [0.25, 0.3) is 20.8 Å². The molecule has 0 aliphatic heterocycles. The van der Waals surface area contributed by atoms with Crippen molar-refractivity contribution >= 4 is 62.0 Å². The van der Waals surface area contributed by atoms with Crippen molar-refractivity contribution in [2.45, 2.75) is 0 Å². The predicted molar refractivity (Wildman–Crippen MR) is 84.5 cm³/mol. The lowest BCUT2D eigenvalue weighted by Gasteiger charge is -2.03. The normalized spacial score (nSPS) is 11.1. The SMILES string of the molecule is Nc1c(Cl)cc(-c2nc3cccc(Cl)c3s2)cc1Cl. The van der Waals surface area contributed by atoms with Gasteiger partial charge in [-0.15, -0.1) is 11.3 Å². The van der Waals surface area contributed by atoms with Gasteiger partial charge in [0.05, 0.1) is 31.0 Å². The van der Waals surface area contributed by atoms with Crippen LogP contribution in [-0.2, 0) is 0 Å². The van der Waals surface area contributed by atoms with Gasteiger partial charge < -0.3 is 5.73 Å². The Hall–Kier alpha value is -1.000. The number of nitrogens with zero attached hydrogens (tertiary/aromatic N) is 1. The molecular formula is C13H7Cl3N2S. The van der Waals surface area contributed by atoms with Crippen molar-refractivity contribution < 1.29 is 0 Å². The molecule has 3 rings (SSSR count). The number of aromatic nitrogens is 1. The summed E-state index contributed by atoms with van der Waals surface area (Å²) in [7, 11) is 0. The van der Waals surface area contributed by atoms with Gasteiger partial charge >= 0.3 is 0 Å². The summed E-state index contributed by atoms with van der Waals surface area (Å²) in [6.07, 6.45) is 0. The van der Waals surface area contributed by atoms with Crippen LogP contribution in [-0.4, -0.2) is 4.98 Å². The van der Waals surface area contributed by atoms with Gasteiger partial charge in [-0.25, -0.2) is 4.98 Å². The lowest BCUT2D eigenvalue weighted by atomic mass is 10.2. The van der Waals surface area contributed by atoms with Gasteiger partial charge in [-0.05, 0) is 24.3 Å². The number of nitrogens with two attached hydrogens (primary N) is 1. The van der Waals surface area contributed by atoms with E-state index in [1.54, 1.807) is 12.1 Å². The van der Waals surface area contributed by atoms with E-state index in [1.807, 2.05) is 18.2 Å². The van der Waals surface area contributed by atoms with E-state index in [9.17, 15) is 0 Å². The zero-order valence-electron chi connectivity index (χ0n) is 9.45. The van der Waals surface area contributed by atoms with Crippen molar-refractivity contribution in [3.8, 4) is 10.6 Å². The molecule has 96 valence electrons. The van der Waals surface area contributed by atoms with Crippen LogP contribution in [0.5, 0.6) is 0 Å². The molecule has 0 aliphatic rings. The molecule has 0 amide bonds. The van der Waals surface area contributed by atoms with Crippen LogP contribution in [0.3, 0.4) is 0 Å². The van der Waals surface area contributed by atoms with Crippen molar-refractivity contribution in [3.05, 3.63) is 45.4 Å². The topological polar surface area (TPSA) is 38.9 Å². The second kappa shape index (κ2) is 4.84. The van der Waals surface area contributed by atoms with Crippen LogP contribution in [0.1, 0.15) is 0 Å². The third kappa shape index (κ3) is 2.28. The van der Waals surface area contributed by atoms with Gasteiger partial charge in [0, 0.05) is 5.56 Å². The van der Waals surface area contributed by atoms with Crippen LogP contribution >= 0.6 is 46.1 Å². The lowest BCUT2D eigenvalue weighted by molar-refractivity contribution is 1.48. The zero-order valence-corrected chi connectivity index (χ0v) is 12.5. The number of fused-ring (bicyclic) bond motifs is 1. The molecular weight excluding hydrogens is 323 g/mol. The van der Waals surface area contributed by atoms with Crippen molar-refractivity contribution in [1.82, 2.24) is 4.98 Å². The van der Waals surface area contributed by atoms with E-state index in [2.05, 4.69) is 4.98 Å². The maximum Gasteiger partial charge on any atom is 0.124 e. The molecule has 19 heavy (non-hydrogen) atoms. The number of halogens is 3. The average molecular weight is 330 g/mol. The summed E-state index contributed by atoms with van der Waals surface area (Å²) in [4.78, 5) is 4.53. The van der Waals surface area contributed by atoms with E-state index < -0.39 is 0 Å². The largest absolute Gasteiger partial charge is 0.396 e. The summed E-state index contributed by atoms with van der Waals surface area (Å²) >= 11 is 19.7. The first-order valence-electron chi connectivity index (χ1n) is 5.36. The smallest absolute Gasteiger partial charge is 0.124 e. The molecule has 0 saturated carbocycles. The minimum absolute atomic E-state index is 0.381. The molecule has 0 spiro atoms. The van der Waals surface area contributed by atoms with Gasteiger partial charge in [-0.1, -0.05) is 40.9 Å². The minimum atomic E-state index is 0.381. The van der Waals surface area contributed by atoms with Crippen LogP contribution in [0.15, 0.2) is 30.3 Å². The molecule has 1 aromatic heterocycles. The van der Waals surface area contributed by atoms with Crippen LogP contribution in [0, 0.1) is 0 Å². The van der Waals surface area contributed by atoms with E-state index in [0.29, 0.717) is 20.8 Å². The number of rotatable bonds is 1. The number of hydrogen-bond donors (Lipinski definition) is 1. The fourth-order valence-corrected chi connectivity index (χ4v) is 3.48. The third-order valence-corrected chi connectivity index (χ3v) is 4.90. The molecule has 1 heterocycles. The summed E-state index contributed by atoms with van der Waals surface area (Å²) in [5, 5.41) is 2.35. The quantitative estimate of drug-likeness (QED) is 0.598. The maximum atomic E-state index is 6.14. The summed E-state index contributed by atoms with van der Waals surface area (Å²) in [6.45, 7) is 0. The van der Waals surface area contributed by atoms with E-state index in [-0.39, 0.29) is 0 Å². The minimum Gasteiger partial charge on any atom is -0.396 e. The molecule has 0 aliphatic carbocycles. The standard InChI is InChI=1S/C13H7Cl3N2S/c14-7-2-1-3-10-12(7)19-13(18-10)6-4-8(15)11(17)9(16)5-6/h1-5H,17H2. The molecule has 0 fully saturated rings. The summed E-state index contributed by atoms with van der Waals surface area (Å²) in [6, 6.07) is 9.15. The molecule has 0 radical (unpaired) electrons. The Balaban J connectivity index is 2.22. The van der Waals surface area contributed by atoms with Gasteiger partial charge in [0.2, 0.25) is 0 Å². The van der Waals surface area contributed by atoms with E-state index in [1.165, 1.54) is 11.3 Å². The zero-order chi connectivity index (χ0) is 13.6. The number of anilines is 1. The number of thiazole rings is 1. The fourth-order valence-electron chi connectivity index (χ4n) is 1.75. The molecule has 2 N–H and O–H groups in total. The first kappa shape index (κ1) is 13.0. The van der Waals surface area contributed by atoms with E-state index >= 15 is 0 Å². The Kier molecular flexibility index (Phi) is 3.31. The maximum absolute atomic E-state index is 6.14. The van der Waals surface area contributed by atoms with Gasteiger partial charge in [-0.2, -0.15) is 0 Å². The highest BCUT2D eigenvalue weighted by Gasteiger charge is 2.12. The average Bonchev–Trinajstić information content (AvgIpc) is 2.81. The van der Waals surface area contributed by atoms with Crippen LogP contribution < -0.4 is 5.73 Å². The molecule has 0 atom stereocenters. The third-order valence-electron chi connectivity index (χ3n) is 2.69. The van der Waals surface area contributed by atoms with Crippen molar-refractivity contribution in [1.29, 1.82) is 0 Å². The van der Waals surface area contributed by atoms with Crippen molar-refractivity contribution in [3.63, 3.8) is 0 Å². The van der Waals surface area contributed by atoms with E-state index in [0.717, 1.165) is 20.8 Å². The highest BCUT2D eigenvalue weighted by Crippen LogP contribution is 2.38. The van der Waals surface area contributed by atoms with Gasteiger partial charge in [-0.3, -0.25) is 0 Å². The van der Waals surface area contributed by atoms with Gasteiger partial charge in [0.15, 0.2) is 0 Å². The van der Waals surface area contributed by atoms with Crippen molar-refractivity contribution in [2.75, 3.05) is 5.73 Å². The van der Waals surface area contributed by atoms with Gasteiger partial charge in [0.1, 0.15) is 5.01 Å². The van der Waals surface area contributed by atoms with E-state index in [4.69, 9.17) is 40.5 Å². The monoisotopic (exact) mass is 328 g/mol. The van der Waals surface area contributed by atoms with Crippen molar-refractivity contribution in [2.24, 2.45) is 0 Å². The van der Waals surface area contributed by atoms with Gasteiger partial charge in [0.25, 0.3) is 0 Å². The number of nitrogen functional groups attached to an aromatic ring is 1. The predicted octanol–water partition coefficient (Wildman–Crippen LogP) is 5.51. The highest BCUT2D eigenvalue weighted by atomic mass is 35.5. The lowest BCUT2D eigenvalue weighted by Crippen LogP contribution is -1.88. The van der Waals surface area contributed by atoms with Crippen LogP contribution in [0.4, 0.5) is 5.69 Å². The molecule has 6 heteroatoms. The summed E-state index contributed by atoms with van der Waals surface area (Å²) in [5.41, 5.74) is 7.80. The second-order valence-electron chi connectivity index (χ2n) is 3.96. The Bertz CT molecular complexity index is 760. The second-order valence-corrected chi connectivity index (χ2v) is 6.18. The summed E-state index contributed by atoms with van der Waals surface area (Å²) < 4.78 is 0.947. The molecule has 0 saturated heterocycles. The molecule has 2 aromatic carbocycles. The highest BCUT2D eigenvalue weighted by molar-refractivity contribution is 7.22.